The average molecular weight is 444 g/mol. The Hall–Kier alpha value is -4.02. The fourth-order valence-corrected chi connectivity index (χ4v) is 3.40. The van der Waals surface area contributed by atoms with Crippen molar-refractivity contribution in [3.05, 3.63) is 95.7 Å². The SMILES string of the molecule is COc1ccc(/C=C(/NC(=O)c2ccccc2)C(=O)Nc2cccc(SCC#N)c2)cc1. The predicted molar refractivity (Wildman–Crippen MR) is 126 cm³/mol. The second kappa shape index (κ2) is 11.4. The number of thioether (sulfide) groups is 1. The lowest BCUT2D eigenvalue weighted by Crippen LogP contribution is -2.30. The zero-order valence-electron chi connectivity index (χ0n) is 17.4. The highest BCUT2D eigenvalue weighted by Gasteiger charge is 2.15. The van der Waals surface area contributed by atoms with Crippen molar-refractivity contribution in [2.24, 2.45) is 0 Å². The molecule has 0 saturated heterocycles. The number of nitrogens with one attached hydrogen (secondary N) is 2. The molecule has 3 aromatic rings. The van der Waals surface area contributed by atoms with E-state index in [9.17, 15) is 9.59 Å². The largest absolute Gasteiger partial charge is 0.497 e. The summed E-state index contributed by atoms with van der Waals surface area (Å²) in [6, 6.07) is 25.1. The van der Waals surface area contributed by atoms with Gasteiger partial charge in [-0.3, -0.25) is 9.59 Å². The van der Waals surface area contributed by atoms with Crippen molar-refractivity contribution in [3.63, 3.8) is 0 Å². The van der Waals surface area contributed by atoms with Crippen LogP contribution in [0.3, 0.4) is 0 Å². The summed E-state index contributed by atoms with van der Waals surface area (Å²) in [6.45, 7) is 0. The van der Waals surface area contributed by atoms with E-state index in [2.05, 4.69) is 16.7 Å². The molecule has 0 aromatic heterocycles. The van der Waals surface area contributed by atoms with E-state index in [1.807, 2.05) is 12.1 Å². The highest BCUT2D eigenvalue weighted by atomic mass is 32.2. The quantitative estimate of drug-likeness (QED) is 0.388. The maximum atomic E-state index is 13.1. The van der Waals surface area contributed by atoms with Gasteiger partial charge in [-0.2, -0.15) is 5.26 Å². The number of benzene rings is 3. The molecule has 3 aromatic carbocycles. The molecule has 0 spiro atoms. The first-order valence-electron chi connectivity index (χ1n) is 9.72. The average Bonchev–Trinajstić information content (AvgIpc) is 2.83. The molecule has 0 atom stereocenters. The van der Waals surface area contributed by atoms with Gasteiger partial charge in [0.25, 0.3) is 11.8 Å². The lowest BCUT2D eigenvalue weighted by Gasteiger charge is -2.12. The van der Waals surface area contributed by atoms with Crippen LogP contribution in [0.2, 0.25) is 0 Å². The molecule has 2 N–H and O–H groups in total. The number of hydrogen-bond donors (Lipinski definition) is 2. The van der Waals surface area contributed by atoms with E-state index in [1.165, 1.54) is 11.8 Å². The van der Waals surface area contributed by atoms with Crippen molar-refractivity contribution in [1.29, 1.82) is 5.26 Å². The maximum absolute atomic E-state index is 13.1. The number of carbonyl (C=O) groups is 2. The predicted octanol–water partition coefficient (Wildman–Crippen LogP) is 4.72. The smallest absolute Gasteiger partial charge is 0.272 e. The maximum Gasteiger partial charge on any atom is 0.272 e. The van der Waals surface area contributed by atoms with Crippen molar-refractivity contribution >= 4 is 35.3 Å². The van der Waals surface area contributed by atoms with Crippen molar-refractivity contribution in [2.45, 2.75) is 4.90 Å². The van der Waals surface area contributed by atoms with Gasteiger partial charge in [0.05, 0.1) is 18.9 Å². The molecule has 160 valence electrons. The summed E-state index contributed by atoms with van der Waals surface area (Å²) in [7, 11) is 1.58. The summed E-state index contributed by atoms with van der Waals surface area (Å²) in [4.78, 5) is 26.6. The third kappa shape index (κ3) is 6.49. The number of hydrogen-bond acceptors (Lipinski definition) is 5. The van der Waals surface area contributed by atoms with E-state index in [0.29, 0.717) is 22.8 Å². The second-order valence-electron chi connectivity index (χ2n) is 6.58. The first kappa shape index (κ1) is 22.7. The van der Waals surface area contributed by atoms with Gasteiger partial charge in [0.2, 0.25) is 0 Å². The van der Waals surface area contributed by atoms with Crippen LogP contribution in [0.25, 0.3) is 6.08 Å². The molecule has 3 rings (SSSR count). The van der Waals surface area contributed by atoms with Gasteiger partial charge in [0.15, 0.2) is 0 Å². The monoisotopic (exact) mass is 443 g/mol. The highest BCUT2D eigenvalue weighted by molar-refractivity contribution is 7.99. The van der Waals surface area contributed by atoms with Gasteiger partial charge < -0.3 is 15.4 Å². The Morgan fingerprint density at radius 1 is 1.03 bits per heavy atom. The van der Waals surface area contributed by atoms with Crippen molar-refractivity contribution in [1.82, 2.24) is 5.32 Å². The lowest BCUT2D eigenvalue weighted by atomic mass is 10.1. The summed E-state index contributed by atoms with van der Waals surface area (Å²) >= 11 is 1.38. The Labute approximate surface area is 190 Å². The Bertz CT molecular complexity index is 1150. The number of amides is 2. The molecule has 0 unspecified atom stereocenters. The van der Waals surface area contributed by atoms with Crippen LogP contribution in [0.5, 0.6) is 5.75 Å². The Morgan fingerprint density at radius 3 is 2.47 bits per heavy atom. The van der Waals surface area contributed by atoms with E-state index in [-0.39, 0.29) is 11.6 Å². The van der Waals surface area contributed by atoms with Crippen molar-refractivity contribution < 1.29 is 14.3 Å². The van der Waals surface area contributed by atoms with Gasteiger partial charge in [0, 0.05) is 16.1 Å². The summed E-state index contributed by atoms with van der Waals surface area (Å²) in [5.41, 5.74) is 1.82. The van der Waals surface area contributed by atoms with Crippen LogP contribution < -0.4 is 15.4 Å². The number of carbonyl (C=O) groups excluding carboxylic acids is 2. The van der Waals surface area contributed by atoms with E-state index < -0.39 is 5.91 Å². The van der Waals surface area contributed by atoms with E-state index in [0.717, 1.165) is 10.5 Å². The number of ether oxygens (including phenoxy) is 1. The van der Waals surface area contributed by atoms with Crippen LogP contribution in [-0.2, 0) is 4.79 Å². The summed E-state index contributed by atoms with van der Waals surface area (Å²) in [5.74, 6) is 0.146. The zero-order valence-corrected chi connectivity index (χ0v) is 18.2. The molecule has 0 aliphatic heterocycles. The van der Waals surface area contributed by atoms with E-state index in [1.54, 1.807) is 79.9 Å². The van der Waals surface area contributed by atoms with E-state index >= 15 is 0 Å². The van der Waals surface area contributed by atoms with Gasteiger partial charge in [0.1, 0.15) is 11.4 Å². The fraction of sp³-hybridized carbons (Fsp3) is 0.0800. The molecule has 0 aliphatic rings. The van der Waals surface area contributed by atoms with Gasteiger partial charge in [-0.1, -0.05) is 36.4 Å². The molecular weight excluding hydrogens is 422 g/mol. The minimum atomic E-state index is -0.465. The molecule has 6 nitrogen and oxygen atoms in total. The Kier molecular flexibility index (Phi) is 8.07. The third-order valence-corrected chi connectivity index (χ3v) is 5.21. The number of nitriles is 1. The van der Waals surface area contributed by atoms with Gasteiger partial charge in [-0.15, -0.1) is 11.8 Å². The van der Waals surface area contributed by atoms with Crippen LogP contribution in [0.15, 0.2) is 89.5 Å². The minimum Gasteiger partial charge on any atom is -0.497 e. The number of anilines is 1. The number of nitrogens with zero attached hydrogens (tertiary/aromatic N) is 1. The zero-order chi connectivity index (χ0) is 22.8. The molecule has 0 radical (unpaired) electrons. The number of rotatable bonds is 8. The lowest BCUT2D eigenvalue weighted by molar-refractivity contribution is -0.113. The fourth-order valence-electron chi connectivity index (χ4n) is 2.79. The summed E-state index contributed by atoms with van der Waals surface area (Å²) in [5, 5.41) is 14.3. The second-order valence-corrected chi connectivity index (χ2v) is 7.63. The molecule has 7 heteroatoms. The summed E-state index contributed by atoms with van der Waals surface area (Å²) < 4.78 is 5.17. The van der Waals surface area contributed by atoms with Crippen LogP contribution in [0.4, 0.5) is 5.69 Å². The summed E-state index contributed by atoms with van der Waals surface area (Å²) in [6.07, 6.45) is 1.60. The molecule has 32 heavy (non-hydrogen) atoms. The third-order valence-electron chi connectivity index (χ3n) is 4.35. The van der Waals surface area contributed by atoms with Crippen LogP contribution >= 0.6 is 11.8 Å². The highest BCUT2D eigenvalue weighted by Crippen LogP contribution is 2.22. The molecular formula is C25H21N3O3S. The van der Waals surface area contributed by atoms with Crippen molar-refractivity contribution in [3.8, 4) is 11.8 Å². The molecule has 0 bridgehead atoms. The van der Waals surface area contributed by atoms with Crippen LogP contribution in [-0.4, -0.2) is 24.7 Å². The first-order chi connectivity index (χ1) is 15.6. The minimum absolute atomic E-state index is 0.0964. The molecule has 0 saturated carbocycles. The molecule has 0 fully saturated rings. The molecule has 0 heterocycles. The van der Waals surface area contributed by atoms with Gasteiger partial charge in [-0.25, -0.2) is 0 Å². The van der Waals surface area contributed by atoms with Crippen molar-refractivity contribution in [2.75, 3.05) is 18.2 Å². The van der Waals surface area contributed by atoms with Gasteiger partial charge in [-0.05, 0) is 54.1 Å². The molecule has 2 amide bonds. The van der Waals surface area contributed by atoms with Crippen LogP contribution in [0.1, 0.15) is 15.9 Å². The first-order valence-corrected chi connectivity index (χ1v) is 10.7. The van der Waals surface area contributed by atoms with Crippen LogP contribution in [0, 0.1) is 11.3 Å². The Balaban J connectivity index is 1.85. The Morgan fingerprint density at radius 2 is 1.78 bits per heavy atom. The number of methoxy groups -OCH3 is 1. The van der Waals surface area contributed by atoms with E-state index in [4.69, 9.17) is 10.00 Å². The molecule has 0 aliphatic carbocycles. The van der Waals surface area contributed by atoms with Gasteiger partial charge >= 0.3 is 0 Å². The standard InChI is InChI=1S/C25H21N3O3S/c1-31-21-12-10-18(11-13-21)16-23(28-24(29)19-6-3-2-4-7-19)25(30)27-20-8-5-9-22(17-20)32-15-14-26/h2-13,16-17H,15H2,1H3,(H,27,30)(H,28,29)/b23-16+. The topological polar surface area (TPSA) is 91.2 Å². The normalized spacial score (nSPS) is 10.7.